The van der Waals surface area contributed by atoms with Crippen LogP contribution in [-0.2, 0) is 5.41 Å². The number of phenolic OH excluding ortho intramolecular Hbond substituents is 1. The number of fused-ring (bicyclic) bond motifs is 1. The van der Waals surface area contributed by atoms with Crippen molar-refractivity contribution in [1.29, 1.82) is 0 Å². The predicted octanol–water partition coefficient (Wildman–Crippen LogP) is 3.43. The highest BCUT2D eigenvalue weighted by molar-refractivity contribution is 6.33. The maximum Gasteiger partial charge on any atom is 0.270 e. The van der Waals surface area contributed by atoms with Gasteiger partial charge in [0, 0.05) is 30.8 Å². The first-order valence-electron chi connectivity index (χ1n) is 8.18. The molecule has 0 aromatic heterocycles. The van der Waals surface area contributed by atoms with E-state index in [2.05, 4.69) is 5.10 Å². The van der Waals surface area contributed by atoms with Crippen molar-refractivity contribution in [2.45, 2.75) is 19.3 Å². The van der Waals surface area contributed by atoms with E-state index in [9.17, 15) is 15.2 Å². The highest BCUT2D eigenvalue weighted by Crippen LogP contribution is 2.40. The summed E-state index contributed by atoms with van der Waals surface area (Å²) in [6, 6.07) is 11.7. The number of rotatable bonds is 4. The molecule has 0 saturated carbocycles. The number of anilines is 1. The van der Waals surface area contributed by atoms with E-state index in [1.54, 1.807) is 47.6 Å². The van der Waals surface area contributed by atoms with Crippen LogP contribution in [-0.4, -0.2) is 40.6 Å². The number of hydrazone groups is 1. The molecule has 0 spiro atoms. The van der Waals surface area contributed by atoms with Gasteiger partial charge in [0.1, 0.15) is 19.0 Å². The average Bonchev–Trinajstić information content (AvgIpc) is 2.79. The Labute approximate surface area is 151 Å². The first kappa shape index (κ1) is 17.6. The Balaban J connectivity index is 1.94. The second kappa shape index (κ2) is 6.25. The number of hydrogen-bond donors (Lipinski definition) is 1. The standard InChI is InChI=1S/C19H20N4O3/c1-19(2)16-11-14(23(25)26)7-10-17(16)21(3)18(19)12-20-22(4)13-5-8-15(24)9-6-13/h5-12H,1-4H3/p+1. The van der Waals surface area contributed by atoms with Crippen LogP contribution in [0, 0.1) is 10.1 Å². The van der Waals surface area contributed by atoms with E-state index >= 15 is 0 Å². The Morgan fingerprint density at radius 2 is 1.88 bits per heavy atom. The molecule has 0 aliphatic carbocycles. The molecule has 3 rings (SSSR count). The molecule has 134 valence electrons. The van der Waals surface area contributed by atoms with Gasteiger partial charge in [-0.05, 0) is 38.1 Å². The predicted molar refractivity (Wildman–Crippen MR) is 102 cm³/mol. The third-order valence-corrected chi connectivity index (χ3v) is 4.80. The SMILES string of the molecule is CN(N=CC1=[N+](C)c2ccc([N+](=O)[O-])cc2C1(C)C)c1ccc(O)cc1. The number of aromatic hydroxyl groups is 1. The van der Waals surface area contributed by atoms with Gasteiger partial charge in [0.15, 0.2) is 0 Å². The molecule has 1 N–H and O–H groups in total. The maximum atomic E-state index is 11.1. The molecular formula is C19H21N4O3+. The van der Waals surface area contributed by atoms with Crippen molar-refractivity contribution in [2.24, 2.45) is 5.10 Å². The van der Waals surface area contributed by atoms with Crippen molar-refractivity contribution in [3.63, 3.8) is 0 Å². The van der Waals surface area contributed by atoms with Gasteiger partial charge in [-0.1, -0.05) is 0 Å². The third-order valence-electron chi connectivity index (χ3n) is 4.80. The van der Waals surface area contributed by atoms with Crippen molar-refractivity contribution in [1.82, 2.24) is 0 Å². The van der Waals surface area contributed by atoms with E-state index < -0.39 is 5.41 Å². The van der Waals surface area contributed by atoms with Gasteiger partial charge in [-0.25, -0.2) is 0 Å². The van der Waals surface area contributed by atoms with Crippen LogP contribution in [0.1, 0.15) is 19.4 Å². The number of phenols is 1. The molecule has 1 aliphatic rings. The second-order valence-corrected chi connectivity index (χ2v) is 6.81. The Hall–Kier alpha value is -3.22. The minimum atomic E-state index is -0.407. The molecule has 0 amide bonds. The highest BCUT2D eigenvalue weighted by atomic mass is 16.6. The fraction of sp³-hybridized carbons (Fsp3) is 0.263. The Bertz CT molecular complexity index is 930. The second-order valence-electron chi connectivity index (χ2n) is 6.81. The zero-order valence-corrected chi connectivity index (χ0v) is 15.2. The summed E-state index contributed by atoms with van der Waals surface area (Å²) < 4.78 is 2.01. The van der Waals surface area contributed by atoms with Crippen molar-refractivity contribution in [2.75, 3.05) is 19.1 Å². The molecule has 26 heavy (non-hydrogen) atoms. The minimum Gasteiger partial charge on any atom is -0.508 e. The summed E-state index contributed by atoms with van der Waals surface area (Å²) in [5, 5.41) is 26.7. The van der Waals surface area contributed by atoms with Crippen LogP contribution in [0.3, 0.4) is 0 Å². The summed E-state index contributed by atoms with van der Waals surface area (Å²) in [7, 11) is 3.75. The van der Waals surface area contributed by atoms with Crippen LogP contribution < -0.4 is 5.01 Å². The van der Waals surface area contributed by atoms with Crippen LogP contribution in [0.2, 0.25) is 0 Å². The lowest BCUT2D eigenvalue weighted by Crippen LogP contribution is -2.30. The number of benzene rings is 2. The lowest BCUT2D eigenvalue weighted by Gasteiger charge is -2.16. The number of nitro groups is 1. The van der Waals surface area contributed by atoms with Gasteiger partial charge in [-0.15, -0.1) is 0 Å². The molecule has 7 heteroatoms. The molecule has 0 radical (unpaired) electrons. The van der Waals surface area contributed by atoms with Gasteiger partial charge >= 0.3 is 0 Å². The molecule has 2 aromatic rings. The fourth-order valence-corrected chi connectivity index (χ4v) is 3.24. The lowest BCUT2D eigenvalue weighted by molar-refractivity contribution is -0.401. The van der Waals surface area contributed by atoms with Gasteiger partial charge in [-0.3, -0.25) is 15.1 Å². The highest BCUT2D eigenvalue weighted by Gasteiger charge is 2.44. The summed E-state index contributed by atoms with van der Waals surface area (Å²) in [6.07, 6.45) is 1.78. The molecule has 1 heterocycles. The van der Waals surface area contributed by atoms with E-state index in [1.807, 2.05) is 32.5 Å². The van der Waals surface area contributed by atoms with Crippen molar-refractivity contribution < 1.29 is 14.6 Å². The van der Waals surface area contributed by atoms with E-state index in [1.165, 1.54) is 6.07 Å². The number of nitro benzene ring substituents is 1. The third kappa shape index (κ3) is 2.92. The van der Waals surface area contributed by atoms with E-state index in [-0.39, 0.29) is 16.4 Å². The van der Waals surface area contributed by atoms with Crippen LogP contribution in [0.15, 0.2) is 47.6 Å². The van der Waals surface area contributed by atoms with Crippen LogP contribution >= 0.6 is 0 Å². The van der Waals surface area contributed by atoms with Crippen molar-refractivity contribution >= 4 is 29.0 Å². The summed E-state index contributed by atoms with van der Waals surface area (Å²) in [5.74, 6) is 0.203. The Morgan fingerprint density at radius 1 is 1.23 bits per heavy atom. The van der Waals surface area contributed by atoms with Crippen LogP contribution in [0.5, 0.6) is 5.75 Å². The summed E-state index contributed by atoms with van der Waals surface area (Å²) in [6.45, 7) is 4.06. The minimum absolute atomic E-state index is 0.0876. The molecular weight excluding hydrogens is 332 g/mol. The first-order chi connectivity index (χ1) is 12.2. The normalized spacial score (nSPS) is 15.4. The monoisotopic (exact) mass is 353 g/mol. The van der Waals surface area contributed by atoms with E-state index in [4.69, 9.17) is 0 Å². The zero-order chi connectivity index (χ0) is 19.1. The fourth-order valence-electron chi connectivity index (χ4n) is 3.24. The molecule has 0 unspecified atom stereocenters. The van der Waals surface area contributed by atoms with Gasteiger partial charge in [0.05, 0.1) is 16.0 Å². The number of nitrogens with zero attached hydrogens (tertiary/aromatic N) is 4. The lowest BCUT2D eigenvalue weighted by atomic mass is 9.82. The molecule has 0 saturated heterocycles. The molecule has 1 aliphatic heterocycles. The molecule has 0 fully saturated rings. The number of hydrogen-bond acceptors (Lipinski definition) is 5. The quantitative estimate of drug-likeness (QED) is 0.395. The van der Waals surface area contributed by atoms with E-state index in [0.29, 0.717) is 0 Å². The van der Waals surface area contributed by atoms with Crippen LogP contribution in [0.25, 0.3) is 0 Å². The summed E-state index contributed by atoms with van der Waals surface area (Å²) in [4.78, 5) is 10.7. The summed E-state index contributed by atoms with van der Waals surface area (Å²) >= 11 is 0. The van der Waals surface area contributed by atoms with Crippen LogP contribution in [0.4, 0.5) is 17.1 Å². The molecule has 2 aromatic carbocycles. The Morgan fingerprint density at radius 3 is 2.50 bits per heavy atom. The average molecular weight is 353 g/mol. The van der Waals surface area contributed by atoms with Crippen molar-refractivity contribution in [3.8, 4) is 5.75 Å². The van der Waals surface area contributed by atoms with Crippen molar-refractivity contribution in [3.05, 3.63) is 58.1 Å². The first-order valence-corrected chi connectivity index (χ1v) is 8.18. The van der Waals surface area contributed by atoms with Gasteiger partial charge < -0.3 is 5.11 Å². The van der Waals surface area contributed by atoms with Gasteiger partial charge in [0.2, 0.25) is 11.4 Å². The number of non-ortho nitro benzene ring substituents is 1. The molecule has 7 nitrogen and oxygen atoms in total. The van der Waals surface area contributed by atoms with Gasteiger partial charge in [-0.2, -0.15) is 9.68 Å². The largest absolute Gasteiger partial charge is 0.508 e. The topological polar surface area (TPSA) is 82.0 Å². The maximum absolute atomic E-state index is 11.1. The molecule has 0 bridgehead atoms. The molecule has 0 atom stereocenters. The smallest absolute Gasteiger partial charge is 0.270 e. The Kier molecular flexibility index (Phi) is 4.23. The zero-order valence-electron chi connectivity index (χ0n) is 15.2. The summed E-state index contributed by atoms with van der Waals surface area (Å²) in [5.41, 5.74) is 3.31. The van der Waals surface area contributed by atoms with E-state index in [0.717, 1.165) is 22.6 Å². The van der Waals surface area contributed by atoms with Gasteiger partial charge in [0.25, 0.3) is 5.69 Å².